The Hall–Kier alpha value is -0.780. The molecule has 0 saturated carbocycles. The highest BCUT2D eigenvalue weighted by atomic mass is 14.1. The van der Waals surface area contributed by atoms with Gasteiger partial charge in [0.15, 0.2) is 0 Å². The zero-order chi connectivity index (χ0) is 7.52. The first-order valence-corrected chi connectivity index (χ1v) is 4.52. The van der Waals surface area contributed by atoms with Gasteiger partial charge in [0.1, 0.15) is 0 Å². The lowest BCUT2D eigenvalue weighted by Gasteiger charge is -2.14. The summed E-state index contributed by atoms with van der Waals surface area (Å²) in [6, 6.07) is 0. The van der Waals surface area contributed by atoms with E-state index in [-0.39, 0.29) is 0 Å². The van der Waals surface area contributed by atoms with Crippen LogP contribution in [-0.4, -0.2) is 0 Å². The van der Waals surface area contributed by atoms with Crippen LogP contribution in [0.3, 0.4) is 0 Å². The van der Waals surface area contributed by atoms with Gasteiger partial charge in [0.05, 0.1) is 0 Å². The van der Waals surface area contributed by atoms with Gasteiger partial charge in [-0.05, 0) is 43.3 Å². The van der Waals surface area contributed by atoms with E-state index in [9.17, 15) is 0 Å². The highest BCUT2D eigenvalue weighted by Gasteiger charge is 2.08. The van der Waals surface area contributed by atoms with Crippen LogP contribution in [0, 0.1) is 0 Å². The highest BCUT2D eigenvalue weighted by molar-refractivity contribution is 5.37. The molecule has 0 N–H and O–H groups in total. The minimum atomic E-state index is 1.12. The number of rotatable bonds is 0. The molecule has 2 rings (SSSR count). The molecule has 2 aliphatic carbocycles. The molecule has 0 aromatic rings. The quantitative estimate of drug-likeness (QED) is 0.491. The second kappa shape index (κ2) is 3.08. The molecule has 0 radical (unpaired) electrons. The third-order valence-corrected chi connectivity index (χ3v) is 2.46. The fraction of sp³-hybridized carbons (Fsp3) is 0.455. The van der Waals surface area contributed by atoms with E-state index in [2.05, 4.69) is 24.3 Å². The maximum atomic E-state index is 2.31. The van der Waals surface area contributed by atoms with Crippen LogP contribution in [0.2, 0.25) is 0 Å². The van der Waals surface area contributed by atoms with Crippen LogP contribution in [0.5, 0.6) is 0 Å². The Morgan fingerprint density at radius 3 is 1.91 bits per heavy atom. The minimum Gasteiger partial charge on any atom is -0.0805 e. The zero-order valence-electron chi connectivity index (χ0n) is 6.84. The lowest BCUT2D eigenvalue weighted by molar-refractivity contribution is 0.694. The molecular formula is C11H14. The lowest BCUT2D eigenvalue weighted by atomic mass is 9.92. The number of hydrogen-bond donors (Lipinski definition) is 0. The first-order chi connectivity index (χ1) is 5.47. The molecule has 0 heterocycles. The highest BCUT2D eigenvalue weighted by Crippen LogP contribution is 2.27. The predicted molar refractivity (Wildman–Crippen MR) is 48.4 cm³/mol. The second-order valence-corrected chi connectivity index (χ2v) is 3.30. The van der Waals surface area contributed by atoms with Crippen molar-refractivity contribution in [3.05, 3.63) is 35.5 Å². The number of allylic oxidation sites excluding steroid dienone is 6. The molecule has 0 heteroatoms. The minimum absolute atomic E-state index is 1.12. The second-order valence-electron chi connectivity index (χ2n) is 3.30. The van der Waals surface area contributed by atoms with Gasteiger partial charge in [-0.1, -0.05) is 24.3 Å². The van der Waals surface area contributed by atoms with E-state index in [0.717, 1.165) is 6.42 Å². The summed E-state index contributed by atoms with van der Waals surface area (Å²) in [5.41, 5.74) is 3.18. The molecule has 0 saturated heterocycles. The molecule has 11 heavy (non-hydrogen) atoms. The van der Waals surface area contributed by atoms with Crippen molar-refractivity contribution in [3.63, 3.8) is 0 Å². The first-order valence-electron chi connectivity index (χ1n) is 4.52. The Balaban J connectivity index is 2.31. The van der Waals surface area contributed by atoms with Crippen molar-refractivity contribution >= 4 is 0 Å². The average molecular weight is 146 g/mol. The molecule has 0 unspecified atom stereocenters. The van der Waals surface area contributed by atoms with Crippen molar-refractivity contribution in [1.29, 1.82) is 0 Å². The smallest absolute Gasteiger partial charge is 0.0163 e. The van der Waals surface area contributed by atoms with Gasteiger partial charge in [0.25, 0.3) is 0 Å². The van der Waals surface area contributed by atoms with Crippen molar-refractivity contribution in [2.45, 2.75) is 32.1 Å². The van der Waals surface area contributed by atoms with Gasteiger partial charge < -0.3 is 0 Å². The summed E-state index contributed by atoms with van der Waals surface area (Å²) in [4.78, 5) is 0. The van der Waals surface area contributed by atoms with Gasteiger partial charge in [-0.25, -0.2) is 0 Å². The summed E-state index contributed by atoms with van der Waals surface area (Å²) >= 11 is 0. The SMILES string of the molecule is C1=CC2=C(C=CC1)CCCC2. The van der Waals surface area contributed by atoms with Crippen molar-refractivity contribution in [3.8, 4) is 0 Å². The van der Waals surface area contributed by atoms with Crippen LogP contribution >= 0.6 is 0 Å². The van der Waals surface area contributed by atoms with E-state index in [1.54, 1.807) is 11.1 Å². The molecule has 0 atom stereocenters. The molecule has 58 valence electrons. The Labute approximate surface area is 68.3 Å². The molecule has 2 aliphatic rings. The maximum Gasteiger partial charge on any atom is -0.0163 e. The van der Waals surface area contributed by atoms with Crippen molar-refractivity contribution in [2.24, 2.45) is 0 Å². The van der Waals surface area contributed by atoms with Gasteiger partial charge in [-0.3, -0.25) is 0 Å². The van der Waals surface area contributed by atoms with Gasteiger partial charge in [0.2, 0.25) is 0 Å². The molecule has 0 aliphatic heterocycles. The van der Waals surface area contributed by atoms with Gasteiger partial charge >= 0.3 is 0 Å². The van der Waals surface area contributed by atoms with Crippen molar-refractivity contribution in [2.75, 3.05) is 0 Å². The lowest BCUT2D eigenvalue weighted by Crippen LogP contribution is -1.94. The molecule has 0 aromatic carbocycles. The number of hydrogen-bond acceptors (Lipinski definition) is 0. The van der Waals surface area contributed by atoms with Gasteiger partial charge in [-0.15, -0.1) is 0 Å². The summed E-state index contributed by atoms with van der Waals surface area (Å²) in [6.45, 7) is 0. The molecule has 0 amide bonds. The van der Waals surface area contributed by atoms with E-state index in [1.807, 2.05) is 0 Å². The summed E-state index contributed by atoms with van der Waals surface area (Å²) in [5, 5.41) is 0. The van der Waals surface area contributed by atoms with E-state index < -0.39 is 0 Å². The molecule has 0 fully saturated rings. The Morgan fingerprint density at radius 2 is 1.36 bits per heavy atom. The van der Waals surface area contributed by atoms with E-state index in [0.29, 0.717) is 0 Å². The van der Waals surface area contributed by atoms with Crippen molar-refractivity contribution in [1.82, 2.24) is 0 Å². The zero-order valence-corrected chi connectivity index (χ0v) is 6.84. The van der Waals surface area contributed by atoms with Crippen LogP contribution in [0.25, 0.3) is 0 Å². The Morgan fingerprint density at radius 1 is 0.818 bits per heavy atom. The fourth-order valence-electron chi connectivity index (χ4n) is 1.83. The van der Waals surface area contributed by atoms with E-state index in [4.69, 9.17) is 0 Å². The molecule has 0 nitrogen and oxygen atoms in total. The van der Waals surface area contributed by atoms with Crippen molar-refractivity contribution < 1.29 is 0 Å². The molecule has 0 aromatic heterocycles. The maximum absolute atomic E-state index is 2.31. The predicted octanol–water partition coefficient (Wildman–Crippen LogP) is 3.37. The van der Waals surface area contributed by atoms with Crippen LogP contribution in [-0.2, 0) is 0 Å². The van der Waals surface area contributed by atoms with Crippen LogP contribution in [0.1, 0.15) is 32.1 Å². The van der Waals surface area contributed by atoms with Crippen LogP contribution in [0.15, 0.2) is 35.5 Å². The normalized spacial score (nSPS) is 23.3. The van der Waals surface area contributed by atoms with Crippen LogP contribution < -0.4 is 0 Å². The fourth-order valence-corrected chi connectivity index (χ4v) is 1.83. The summed E-state index contributed by atoms with van der Waals surface area (Å²) in [5.74, 6) is 0. The molecule has 0 spiro atoms. The molecule has 0 bridgehead atoms. The summed E-state index contributed by atoms with van der Waals surface area (Å²) in [6.07, 6.45) is 15.7. The van der Waals surface area contributed by atoms with Gasteiger partial charge in [0, 0.05) is 0 Å². The topological polar surface area (TPSA) is 0 Å². The Kier molecular flexibility index (Phi) is 1.93. The third-order valence-electron chi connectivity index (χ3n) is 2.46. The average Bonchev–Trinajstić information content (AvgIpc) is 2.28. The summed E-state index contributed by atoms with van der Waals surface area (Å²) < 4.78 is 0. The van der Waals surface area contributed by atoms with Crippen LogP contribution in [0.4, 0.5) is 0 Å². The third kappa shape index (κ3) is 1.45. The summed E-state index contributed by atoms with van der Waals surface area (Å²) in [7, 11) is 0. The Bertz CT molecular complexity index is 204. The van der Waals surface area contributed by atoms with E-state index in [1.165, 1.54) is 25.7 Å². The standard InChI is InChI=1S/C11H14/c1-2-6-10-8-4-5-9-11(10)7-3-1/h2-3,6-7H,1,4-5,8-9H2. The van der Waals surface area contributed by atoms with E-state index >= 15 is 0 Å². The monoisotopic (exact) mass is 146 g/mol. The molecular weight excluding hydrogens is 132 g/mol. The first kappa shape index (κ1) is 6.90. The van der Waals surface area contributed by atoms with Gasteiger partial charge in [-0.2, -0.15) is 0 Å². The largest absolute Gasteiger partial charge is 0.0805 e.